The lowest BCUT2D eigenvalue weighted by Crippen LogP contribution is -1.96. The first-order valence-electron chi connectivity index (χ1n) is 5.00. The number of rotatable bonds is 2. The van der Waals surface area contributed by atoms with Gasteiger partial charge in [-0.25, -0.2) is 4.98 Å². The summed E-state index contributed by atoms with van der Waals surface area (Å²) in [4.78, 5) is 4.15. The molecule has 3 nitrogen and oxygen atoms in total. The number of benzene rings is 1. The SMILES string of the molecule is Cc1cc(Br)cc(Nc2cc(N)cc(Cl)n2)c1. The van der Waals surface area contributed by atoms with Crippen LogP contribution in [0, 0.1) is 6.92 Å². The Morgan fingerprint density at radius 3 is 2.65 bits per heavy atom. The fourth-order valence-electron chi connectivity index (χ4n) is 1.54. The van der Waals surface area contributed by atoms with Crippen LogP contribution in [0.2, 0.25) is 5.15 Å². The van der Waals surface area contributed by atoms with Crippen molar-refractivity contribution in [3.63, 3.8) is 0 Å². The van der Waals surface area contributed by atoms with E-state index >= 15 is 0 Å². The molecule has 0 aliphatic heterocycles. The Labute approximate surface area is 113 Å². The van der Waals surface area contributed by atoms with Crippen LogP contribution in [0.15, 0.2) is 34.8 Å². The molecule has 0 fully saturated rings. The molecule has 0 atom stereocenters. The Bertz CT molecular complexity index is 467. The Morgan fingerprint density at radius 1 is 1.24 bits per heavy atom. The maximum atomic E-state index is 5.84. The largest absolute Gasteiger partial charge is 0.399 e. The van der Waals surface area contributed by atoms with Crippen LogP contribution >= 0.6 is 27.5 Å². The van der Waals surface area contributed by atoms with E-state index in [1.807, 2.05) is 25.1 Å². The molecule has 5 heteroatoms. The van der Waals surface area contributed by atoms with Gasteiger partial charge in [-0.15, -0.1) is 0 Å². The van der Waals surface area contributed by atoms with Gasteiger partial charge < -0.3 is 11.1 Å². The normalized spacial score (nSPS) is 10.3. The maximum absolute atomic E-state index is 5.84. The Hall–Kier alpha value is -1.26. The predicted molar refractivity (Wildman–Crippen MR) is 75.8 cm³/mol. The zero-order chi connectivity index (χ0) is 12.4. The molecule has 1 aromatic heterocycles. The van der Waals surface area contributed by atoms with Crippen molar-refractivity contribution in [3.05, 3.63) is 45.5 Å². The molecular weight excluding hydrogens is 302 g/mol. The fourth-order valence-corrected chi connectivity index (χ4v) is 2.36. The van der Waals surface area contributed by atoms with Gasteiger partial charge in [-0.1, -0.05) is 27.5 Å². The highest BCUT2D eigenvalue weighted by Gasteiger charge is 2.01. The monoisotopic (exact) mass is 311 g/mol. The second-order valence-electron chi connectivity index (χ2n) is 3.75. The number of halogens is 2. The first-order chi connectivity index (χ1) is 8.02. The molecule has 17 heavy (non-hydrogen) atoms. The lowest BCUT2D eigenvalue weighted by Gasteiger charge is -2.08. The Morgan fingerprint density at radius 2 is 2.00 bits per heavy atom. The molecule has 1 aromatic carbocycles. The van der Waals surface area contributed by atoms with Gasteiger partial charge in [-0.3, -0.25) is 0 Å². The third kappa shape index (κ3) is 3.35. The summed E-state index contributed by atoms with van der Waals surface area (Å²) in [5.41, 5.74) is 8.37. The number of anilines is 3. The van der Waals surface area contributed by atoms with Crippen LogP contribution in [-0.2, 0) is 0 Å². The van der Waals surface area contributed by atoms with Crippen LogP contribution < -0.4 is 11.1 Å². The summed E-state index contributed by atoms with van der Waals surface area (Å²) in [7, 11) is 0. The van der Waals surface area contributed by atoms with Gasteiger partial charge in [0.15, 0.2) is 0 Å². The molecule has 0 saturated carbocycles. The number of aryl methyl sites for hydroxylation is 1. The van der Waals surface area contributed by atoms with Crippen molar-refractivity contribution in [2.75, 3.05) is 11.1 Å². The number of nitrogens with two attached hydrogens (primary N) is 1. The average molecular weight is 313 g/mol. The molecule has 2 aromatic rings. The third-order valence-electron chi connectivity index (χ3n) is 2.13. The van der Waals surface area contributed by atoms with E-state index in [1.54, 1.807) is 12.1 Å². The van der Waals surface area contributed by atoms with Gasteiger partial charge >= 0.3 is 0 Å². The maximum Gasteiger partial charge on any atom is 0.134 e. The van der Waals surface area contributed by atoms with Gasteiger partial charge in [0, 0.05) is 21.9 Å². The average Bonchev–Trinajstić information content (AvgIpc) is 2.13. The highest BCUT2D eigenvalue weighted by molar-refractivity contribution is 9.10. The predicted octanol–water partition coefficient (Wildman–Crippen LogP) is 4.13. The van der Waals surface area contributed by atoms with Crippen molar-refractivity contribution in [1.82, 2.24) is 4.98 Å². The summed E-state index contributed by atoms with van der Waals surface area (Å²) in [5, 5.41) is 3.54. The number of nitrogen functional groups attached to an aromatic ring is 1. The second kappa shape index (κ2) is 4.94. The van der Waals surface area contributed by atoms with Crippen molar-refractivity contribution >= 4 is 44.7 Å². The molecule has 88 valence electrons. The van der Waals surface area contributed by atoms with E-state index < -0.39 is 0 Å². The lowest BCUT2D eigenvalue weighted by atomic mass is 10.2. The first-order valence-corrected chi connectivity index (χ1v) is 6.17. The fraction of sp³-hybridized carbons (Fsp3) is 0.0833. The zero-order valence-electron chi connectivity index (χ0n) is 9.17. The number of nitrogens with zero attached hydrogens (tertiary/aromatic N) is 1. The Balaban J connectivity index is 2.31. The molecule has 0 spiro atoms. The van der Waals surface area contributed by atoms with E-state index in [1.165, 1.54) is 0 Å². The van der Waals surface area contributed by atoms with Gasteiger partial charge in [0.2, 0.25) is 0 Å². The highest BCUT2D eigenvalue weighted by atomic mass is 79.9. The lowest BCUT2D eigenvalue weighted by molar-refractivity contribution is 1.30. The number of hydrogen-bond donors (Lipinski definition) is 2. The van der Waals surface area contributed by atoms with Crippen molar-refractivity contribution in [2.24, 2.45) is 0 Å². The van der Waals surface area contributed by atoms with Crippen LogP contribution in [0.25, 0.3) is 0 Å². The minimum absolute atomic E-state index is 0.374. The van der Waals surface area contributed by atoms with Crippen LogP contribution in [0.4, 0.5) is 17.2 Å². The molecule has 1 heterocycles. The van der Waals surface area contributed by atoms with E-state index in [-0.39, 0.29) is 0 Å². The van der Waals surface area contributed by atoms with E-state index in [2.05, 4.69) is 26.2 Å². The quantitative estimate of drug-likeness (QED) is 0.820. The molecule has 2 rings (SSSR count). The summed E-state index contributed by atoms with van der Waals surface area (Å²) in [6, 6.07) is 9.36. The second-order valence-corrected chi connectivity index (χ2v) is 5.05. The molecule has 0 amide bonds. The summed E-state index contributed by atoms with van der Waals surface area (Å²) >= 11 is 9.28. The summed E-state index contributed by atoms with van der Waals surface area (Å²) in [5.74, 6) is 0.632. The third-order valence-corrected chi connectivity index (χ3v) is 2.78. The molecule has 0 aliphatic rings. The highest BCUT2D eigenvalue weighted by Crippen LogP contribution is 2.24. The molecular formula is C12H11BrClN3. The molecule has 0 unspecified atom stereocenters. The van der Waals surface area contributed by atoms with Crippen molar-refractivity contribution in [3.8, 4) is 0 Å². The van der Waals surface area contributed by atoms with Gasteiger partial charge in [-0.2, -0.15) is 0 Å². The smallest absolute Gasteiger partial charge is 0.134 e. The van der Waals surface area contributed by atoms with Gasteiger partial charge in [0.25, 0.3) is 0 Å². The molecule has 0 radical (unpaired) electrons. The van der Waals surface area contributed by atoms with Crippen LogP contribution in [0.5, 0.6) is 0 Å². The molecule has 0 saturated heterocycles. The van der Waals surface area contributed by atoms with Gasteiger partial charge in [-0.05, 0) is 36.8 Å². The van der Waals surface area contributed by atoms with Crippen LogP contribution in [-0.4, -0.2) is 4.98 Å². The standard InChI is InChI=1S/C12H11BrClN3/c1-7-2-8(13)4-10(3-7)16-12-6-9(15)5-11(14)17-12/h2-6H,1H3,(H3,15,16,17). The molecule has 3 N–H and O–H groups in total. The van der Waals surface area contributed by atoms with E-state index in [4.69, 9.17) is 17.3 Å². The molecule has 0 aliphatic carbocycles. The van der Waals surface area contributed by atoms with Crippen LogP contribution in [0.3, 0.4) is 0 Å². The number of hydrogen-bond acceptors (Lipinski definition) is 3. The summed E-state index contributed by atoms with van der Waals surface area (Å²) in [6.07, 6.45) is 0. The van der Waals surface area contributed by atoms with E-state index in [0.717, 1.165) is 15.7 Å². The van der Waals surface area contributed by atoms with Crippen LogP contribution in [0.1, 0.15) is 5.56 Å². The minimum Gasteiger partial charge on any atom is -0.399 e. The Kier molecular flexibility index (Phi) is 3.54. The number of aromatic nitrogens is 1. The summed E-state index contributed by atoms with van der Waals surface area (Å²) < 4.78 is 1.01. The number of nitrogens with one attached hydrogen (secondary N) is 1. The van der Waals surface area contributed by atoms with Gasteiger partial charge in [0.05, 0.1) is 0 Å². The van der Waals surface area contributed by atoms with Crippen molar-refractivity contribution in [1.29, 1.82) is 0 Å². The summed E-state index contributed by atoms with van der Waals surface area (Å²) in [6.45, 7) is 2.02. The van der Waals surface area contributed by atoms with E-state index in [0.29, 0.717) is 16.7 Å². The molecule has 0 bridgehead atoms. The first kappa shape index (κ1) is 12.2. The van der Waals surface area contributed by atoms with Gasteiger partial charge in [0.1, 0.15) is 11.0 Å². The topological polar surface area (TPSA) is 50.9 Å². The van der Waals surface area contributed by atoms with Crippen molar-refractivity contribution in [2.45, 2.75) is 6.92 Å². The van der Waals surface area contributed by atoms with E-state index in [9.17, 15) is 0 Å². The minimum atomic E-state index is 0.374. The number of pyridine rings is 1. The zero-order valence-corrected chi connectivity index (χ0v) is 11.5. The van der Waals surface area contributed by atoms with Crippen molar-refractivity contribution < 1.29 is 0 Å².